The molecule has 4 rings (SSSR count). The Morgan fingerprint density at radius 2 is 1.55 bits per heavy atom. The zero-order valence-corrected chi connectivity index (χ0v) is 18.8. The highest BCUT2D eigenvalue weighted by atomic mass is 35.5. The number of piperidine rings is 1. The van der Waals surface area contributed by atoms with Gasteiger partial charge in [0.25, 0.3) is 5.91 Å². The van der Waals surface area contributed by atoms with Crippen LogP contribution >= 0.6 is 23.2 Å². The number of hydrogen-bond acceptors (Lipinski definition) is 3. The average Bonchev–Trinajstić information content (AvgIpc) is 2.81. The lowest BCUT2D eigenvalue weighted by atomic mass is 10.0. The molecule has 0 aromatic heterocycles. The number of carbonyl (C=O) groups excluding carboxylic acids is 1. The molecule has 160 valence electrons. The Balaban J connectivity index is 1.38. The molecule has 0 radical (unpaired) electrons. The third-order valence-corrected chi connectivity index (χ3v) is 6.40. The van der Waals surface area contributed by atoms with Gasteiger partial charge in [0, 0.05) is 37.1 Å². The van der Waals surface area contributed by atoms with Crippen LogP contribution in [0.1, 0.15) is 23.2 Å². The number of carbonyl (C=O) groups is 1. The summed E-state index contributed by atoms with van der Waals surface area (Å²) in [5.41, 5.74) is 4.45. The van der Waals surface area contributed by atoms with E-state index in [1.54, 1.807) is 13.2 Å². The molecule has 1 saturated heterocycles. The Morgan fingerprint density at radius 1 is 0.903 bits per heavy atom. The van der Waals surface area contributed by atoms with Gasteiger partial charge in [0.15, 0.2) is 0 Å². The fourth-order valence-corrected chi connectivity index (χ4v) is 4.10. The first-order valence-electron chi connectivity index (χ1n) is 10.3. The van der Waals surface area contributed by atoms with Crippen LogP contribution in [0.15, 0.2) is 66.7 Å². The molecule has 0 bridgehead atoms. The molecule has 3 aromatic rings. The van der Waals surface area contributed by atoms with E-state index in [4.69, 9.17) is 27.9 Å². The molecule has 0 aliphatic carbocycles. The molecule has 6 heteroatoms. The molecule has 1 heterocycles. The van der Waals surface area contributed by atoms with Crippen molar-refractivity contribution >= 4 is 40.5 Å². The van der Waals surface area contributed by atoms with Gasteiger partial charge in [0.05, 0.1) is 16.1 Å². The van der Waals surface area contributed by atoms with Crippen molar-refractivity contribution < 1.29 is 9.53 Å². The topological polar surface area (TPSA) is 41.6 Å². The van der Waals surface area contributed by atoms with Crippen LogP contribution in [0.25, 0.3) is 11.1 Å². The van der Waals surface area contributed by atoms with Crippen LogP contribution in [-0.4, -0.2) is 32.2 Å². The molecule has 0 saturated carbocycles. The van der Waals surface area contributed by atoms with E-state index in [9.17, 15) is 4.79 Å². The number of halogens is 2. The molecule has 1 N–H and O–H groups in total. The minimum absolute atomic E-state index is 0.144. The normalized spacial score (nSPS) is 14.5. The molecule has 0 atom stereocenters. The predicted molar refractivity (Wildman–Crippen MR) is 129 cm³/mol. The standard InChI is InChI=1S/C25H24Cl2N2O2/c1-31-22-12-14-29(15-13-22)21-9-7-20(8-10-21)28-25(30)18-4-2-17(3-5-18)19-6-11-23(26)24(27)16-19/h2-11,16,22H,12-15H2,1H3,(H,28,30). The van der Waals surface area contributed by atoms with Crippen molar-refractivity contribution in [1.29, 1.82) is 0 Å². The summed E-state index contributed by atoms with van der Waals surface area (Å²) in [5.74, 6) is -0.144. The first-order valence-corrected chi connectivity index (χ1v) is 11.0. The quantitative estimate of drug-likeness (QED) is 0.476. The van der Waals surface area contributed by atoms with Gasteiger partial charge in [-0.1, -0.05) is 41.4 Å². The van der Waals surface area contributed by atoms with E-state index in [-0.39, 0.29) is 5.91 Å². The van der Waals surface area contributed by atoms with Gasteiger partial charge in [-0.2, -0.15) is 0 Å². The van der Waals surface area contributed by atoms with Crippen molar-refractivity contribution in [3.8, 4) is 11.1 Å². The Kier molecular flexibility index (Phi) is 6.81. The van der Waals surface area contributed by atoms with E-state index in [0.29, 0.717) is 21.7 Å². The number of anilines is 2. The van der Waals surface area contributed by atoms with Gasteiger partial charge in [-0.05, 0) is 72.5 Å². The largest absolute Gasteiger partial charge is 0.381 e. The number of amides is 1. The zero-order chi connectivity index (χ0) is 21.8. The maximum absolute atomic E-state index is 12.6. The lowest BCUT2D eigenvalue weighted by molar-refractivity contribution is 0.0819. The minimum Gasteiger partial charge on any atom is -0.381 e. The van der Waals surface area contributed by atoms with Crippen LogP contribution in [0.3, 0.4) is 0 Å². The van der Waals surface area contributed by atoms with Crippen molar-refractivity contribution in [2.24, 2.45) is 0 Å². The van der Waals surface area contributed by atoms with Gasteiger partial charge in [0.1, 0.15) is 0 Å². The molecule has 0 unspecified atom stereocenters. The van der Waals surface area contributed by atoms with Gasteiger partial charge in [-0.25, -0.2) is 0 Å². The van der Waals surface area contributed by atoms with Crippen molar-refractivity contribution in [1.82, 2.24) is 0 Å². The van der Waals surface area contributed by atoms with E-state index < -0.39 is 0 Å². The zero-order valence-electron chi connectivity index (χ0n) is 17.3. The highest BCUT2D eigenvalue weighted by molar-refractivity contribution is 6.42. The van der Waals surface area contributed by atoms with Gasteiger partial charge in [0.2, 0.25) is 0 Å². The SMILES string of the molecule is COC1CCN(c2ccc(NC(=O)c3ccc(-c4ccc(Cl)c(Cl)c4)cc3)cc2)CC1. The summed E-state index contributed by atoms with van der Waals surface area (Å²) in [7, 11) is 1.78. The second-order valence-electron chi connectivity index (χ2n) is 7.63. The predicted octanol–water partition coefficient (Wildman–Crippen LogP) is 6.53. The van der Waals surface area contributed by atoms with Crippen molar-refractivity contribution in [3.05, 3.63) is 82.3 Å². The monoisotopic (exact) mass is 454 g/mol. The van der Waals surface area contributed by atoms with Crippen LogP contribution in [-0.2, 0) is 4.74 Å². The molecule has 3 aromatic carbocycles. The fourth-order valence-electron chi connectivity index (χ4n) is 3.80. The molecule has 1 aliphatic rings. The first kappa shape index (κ1) is 21.7. The second-order valence-corrected chi connectivity index (χ2v) is 8.44. The minimum atomic E-state index is -0.144. The summed E-state index contributed by atoms with van der Waals surface area (Å²) in [6.07, 6.45) is 2.43. The van der Waals surface area contributed by atoms with Crippen LogP contribution in [0.2, 0.25) is 10.0 Å². The summed E-state index contributed by atoms with van der Waals surface area (Å²) < 4.78 is 5.44. The van der Waals surface area contributed by atoms with Gasteiger partial charge in [-0.15, -0.1) is 0 Å². The Morgan fingerprint density at radius 3 is 2.16 bits per heavy atom. The molecular weight excluding hydrogens is 431 g/mol. The molecular formula is C25H24Cl2N2O2. The number of rotatable bonds is 5. The third kappa shape index (κ3) is 5.21. The van der Waals surface area contributed by atoms with E-state index in [1.165, 1.54) is 5.69 Å². The number of nitrogens with one attached hydrogen (secondary N) is 1. The smallest absolute Gasteiger partial charge is 0.255 e. The third-order valence-electron chi connectivity index (χ3n) is 5.67. The summed E-state index contributed by atoms with van der Waals surface area (Å²) in [6.45, 7) is 1.96. The number of hydrogen-bond donors (Lipinski definition) is 1. The Bertz CT molecular complexity index is 1040. The highest BCUT2D eigenvalue weighted by Gasteiger charge is 2.18. The van der Waals surface area contributed by atoms with E-state index in [0.717, 1.165) is 42.7 Å². The molecule has 0 spiro atoms. The van der Waals surface area contributed by atoms with Crippen LogP contribution in [0.4, 0.5) is 11.4 Å². The van der Waals surface area contributed by atoms with Crippen molar-refractivity contribution in [2.75, 3.05) is 30.4 Å². The number of ether oxygens (including phenoxy) is 1. The maximum atomic E-state index is 12.6. The van der Waals surface area contributed by atoms with Crippen LogP contribution in [0, 0.1) is 0 Å². The van der Waals surface area contributed by atoms with E-state index >= 15 is 0 Å². The molecule has 31 heavy (non-hydrogen) atoms. The van der Waals surface area contributed by atoms with Crippen LogP contribution < -0.4 is 10.2 Å². The maximum Gasteiger partial charge on any atom is 0.255 e. The Labute approximate surface area is 192 Å². The van der Waals surface area contributed by atoms with E-state index in [1.807, 2.05) is 48.5 Å². The van der Waals surface area contributed by atoms with Crippen LogP contribution in [0.5, 0.6) is 0 Å². The van der Waals surface area contributed by atoms with Gasteiger partial charge < -0.3 is 15.0 Å². The summed E-state index contributed by atoms with van der Waals surface area (Å²) in [6, 6.07) is 20.9. The van der Waals surface area contributed by atoms with Gasteiger partial charge >= 0.3 is 0 Å². The van der Waals surface area contributed by atoms with Gasteiger partial charge in [-0.3, -0.25) is 4.79 Å². The second kappa shape index (κ2) is 9.73. The summed E-state index contributed by atoms with van der Waals surface area (Å²) in [5, 5.41) is 3.99. The molecule has 1 fully saturated rings. The molecule has 4 nitrogen and oxygen atoms in total. The molecule has 1 amide bonds. The fraction of sp³-hybridized carbons (Fsp3) is 0.240. The summed E-state index contributed by atoms with van der Waals surface area (Å²) in [4.78, 5) is 15.0. The highest BCUT2D eigenvalue weighted by Crippen LogP contribution is 2.29. The van der Waals surface area contributed by atoms with Crippen molar-refractivity contribution in [3.63, 3.8) is 0 Å². The Hall–Kier alpha value is -2.53. The molecule has 1 aliphatic heterocycles. The van der Waals surface area contributed by atoms with Crippen molar-refractivity contribution in [2.45, 2.75) is 18.9 Å². The lowest BCUT2D eigenvalue weighted by Crippen LogP contribution is -2.36. The number of methoxy groups -OCH3 is 1. The van der Waals surface area contributed by atoms with E-state index in [2.05, 4.69) is 22.3 Å². The average molecular weight is 455 g/mol. The first-order chi connectivity index (χ1) is 15.0. The number of benzene rings is 3. The summed E-state index contributed by atoms with van der Waals surface area (Å²) >= 11 is 12.1. The lowest BCUT2D eigenvalue weighted by Gasteiger charge is -2.33. The number of nitrogens with zero attached hydrogens (tertiary/aromatic N) is 1.